The summed E-state index contributed by atoms with van der Waals surface area (Å²) >= 11 is 1.53. The first-order chi connectivity index (χ1) is 19.5. The smallest absolute Gasteiger partial charge is 0.239 e. The standard InChI is InChI=1S/C30H33N3O6S/c1-37-26-9-6-20-15-27(26)39-12-3-2-11-33(30(36)17-22-5-4-14-40-22)19-29(35)31-10-13-38-21-7-8-23-24(20)18-28(34)32-25(23)16-21/h4-9,14-16,24H,2-3,10-13,17-19H2,1H3,(H,31,35)(H,32,34). The Hall–Kier alpha value is -4.05. The van der Waals surface area contributed by atoms with E-state index in [0.717, 1.165) is 16.0 Å². The molecule has 40 heavy (non-hydrogen) atoms. The van der Waals surface area contributed by atoms with Gasteiger partial charge in [-0.15, -0.1) is 11.3 Å². The molecule has 9 nitrogen and oxygen atoms in total. The topological polar surface area (TPSA) is 106 Å². The number of fused-ring (bicyclic) bond motifs is 12. The van der Waals surface area contributed by atoms with E-state index in [4.69, 9.17) is 14.2 Å². The Morgan fingerprint density at radius 2 is 1.98 bits per heavy atom. The SMILES string of the molecule is COc1ccc2cc1OCCCCN(C(=O)Cc1cccs1)CC(=O)NCCOc1ccc3c(c1)NC(=O)CC23. The molecule has 0 saturated heterocycles. The number of benzene rings is 2. The number of thiophene rings is 1. The molecule has 0 spiro atoms. The van der Waals surface area contributed by atoms with Crippen molar-refractivity contribution in [1.29, 1.82) is 0 Å². The lowest BCUT2D eigenvalue weighted by Gasteiger charge is -2.27. The number of carbonyl (C=O) groups is 3. The van der Waals surface area contributed by atoms with Gasteiger partial charge in [0.15, 0.2) is 11.5 Å². The Kier molecular flexibility index (Phi) is 8.85. The predicted octanol–water partition coefficient (Wildman–Crippen LogP) is 3.97. The largest absolute Gasteiger partial charge is 0.493 e. The number of nitrogens with one attached hydrogen (secondary N) is 2. The zero-order valence-electron chi connectivity index (χ0n) is 22.4. The summed E-state index contributed by atoms with van der Waals surface area (Å²) in [7, 11) is 1.60. The van der Waals surface area contributed by atoms with Gasteiger partial charge in [0.1, 0.15) is 12.4 Å². The highest BCUT2D eigenvalue weighted by Gasteiger charge is 2.28. The molecular formula is C30H33N3O6S. The van der Waals surface area contributed by atoms with E-state index in [1.54, 1.807) is 12.0 Å². The van der Waals surface area contributed by atoms with Crippen molar-refractivity contribution in [2.75, 3.05) is 45.3 Å². The van der Waals surface area contributed by atoms with E-state index in [1.165, 1.54) is 11.3 Å². The van der Waals surface area contributed by atoms with E-state index in [1.807, 2.05) is 53.9 Å². The van der Waals surface area contributed by atoms with E-state index in [-0.39, 0.29) is 43.2 Å². The van der Waals surface area contributed by atoms with Crippen LogP contribution >= 0.6 is 11.3 Å². The molecule has 0 fully saturated rings. The highest BCUT2D eigenvalue weighted by molar-refractivity contribution is 7.10. The molecule has 0 radical (unpaired) electrons. The quantitative estimate of drug-likeness (QED) is 0.467. The Bertz CT molecular complexity index is 1360. The molecule has 2 aromatic carbocycles. The van der Waals surface area contributed by atoms with Crippen molar-refractivity contribution >= 4 is 34.7 Å². The molecular weight excluding hydrogens is 530 g/mol. The number of anilines is 1. The van der Waals surface area contributed by atoms with Gasteiger partial charge in [0.25, 0.3) is 0 Å². The van der Waals surface area contributed by atoms with Crippen LogP contribution < -0.4 is 24.8 Å². The zero-order valence-corrected chi connectivity index (χ0v) is 23.3. The van der Waals surface area contributed by atoms with E-state index in [2.05, 4.69) is 10.6 Å². The van der Waals surface area contributed by atoms with Crippen LogP contribution in [0.15, 0.2) is 53.9 Å². The first-order valence-corrected chi connectivity index (χ1v) is 14.3. The lowest BCUT2D eigenvalue weighted by Crippen LogP contribution is -2.42. The third kappa shape index (κ3) is 6.74. The fraction of sp³-hybridized carbons (Fsp3) is 0.367. The molecule has 1 atom stereocenters. The second kappa shape index (κ2) is 12.9. The van der Waals surface area contributed by atoms with E-state index in [0.29, 0.717) is 61.9 Å². The predicted molar refractivity (Wildman–Crippen MR) is 152 cm³/mol. The average molecular weight is 564 g/mol. The number of nitrogens with zero attached hydrogens (tertiary/aromatic N) is 1. The first kappa shape index (κ1) is 27.5. The van der Waals surface area contributed by atoms with Gasteiger partial charge in [-0.2, -0.15) is 0 Å². The first-order valence-electron chi connectivity index (χ1n) is 13.4. The molecule has 3 aliphatic rings. The number of amides is 3. The summed E-state index contributed by atoms with van der Waals surface area (Å²) in [6, 6.07) is 15.3. The van der Waals surface area contributed by atoms with Crippen LogP contribution in [0.3, 0.4) is 0 Å². The minimum absolute atomic E-state index is 0.0206. The summed E-state index contributed by atoms with van der Waals surface area (Å²) in [6.07, 6.45) is 1.94. The van der Waals surface area contributed by atoms with Crippen molar-refractivity contribution in [1.82, 2.24) is 10.2 Å². The van der Waals surface area contributed by atoms with Crippen LogP contribution in [0.1, 0.15) is 41.2 Å². The van der Waals surface area contributed by atoms with Gasteiger partial charge in [0.2, 0.25) is 17.7 Å². The van der Waals surface area contributed by atoms with Crippen molar-refractivity contribution in [2.45, 2.75) is 31.6 Å². The Morgan fingerprint density at radius 3 is 2.80 bits per heavy atom. The van der Waals surface area contributed by atoms with Crippen LogP contribution in [0.25, 0.3) is 0 Å². The van der Waals surface area contributed by atoms with Gasteiger partial charge in [-0.1, -0.05) is 18.2 Å². The summed E-state index contributed by atoms with van der Waals surface area (Å²) in [4.78, 5) is 40.9. The Labute approximate surface area is 237 Å². The maximum Gasteiger partial charge on any atom is 0.239 e. The molecule has 6 rings (SSSR count). The lowest BCUT2D eigenvalue weighted by atomic mass is 9.84. The van der Waals surface area contributed by atoms with Gasteiger partial charge in [-0.25, -0.2) is 0 Å². The van der Waals surface area contributed by atoms with Crippen LogP contribution in [0.5, 0.6) is 17.2 Å². The van der Waals surface area contributed by atoms with Gasteiger partial charge in [-0.3, -0.25) is 14.4 Å². The van der Waals surface area contributed by atoms with Crippen LogP contribution in [-0.2, 0) is 20.8 Å². The highest BCUT2D eigenvalue weighted by atomic mass is 32.1. The molecule has 0 saturated carbocycles. The van der Waals surface area contributed by atoms with Crippen LogP contribution in [0, 0.1) is 0 Å². The third-order valence-corrected chi connectivity index (χ3v) is 7.90. The summed E-state index contributed by atoms with van der Waals surface area (Å²) in [5.41, 5.74) is 2.66. The molecule has 210 valence electrons. The minimum Gasteiger partial charge on any atom is -0.493 e. The number of carbonyl (C=O) groups excluding carboxylic acids is 3. The Balaban J connectivity index is 1.37. The van der Waals surface area contributed by atoms with E-state index in [9.17, 15) is 14.4 Å². The fourth-order valence-corrected chi connectivity index (χ4v) is 5.69. The minimum atomic E-state index is -0.240. The maximum atomic E-state index is 13.0. The zero-order chi connectivity index (χ0) is 27.9. The summed E-state index contributed by atoms with van der Waals surface area (Å²) in [5, 5.41) is 7.74. The highest BCUT2D eigenvalue weighted by Crippen LogP contribution is 2.41. The van der Waals surface area contributed by atoms with Gasteiger partial charge in [0.05, 0.1) is 33.2 Å². The van der Waals surface area contributed by atoms with Crippen molar-refractivity contribution in [3.63, 3.8) is 0 Å². The van der Waals surface area contributed by atoms with Crippen molar-refractivity contribution in [3.8, 4) is 17.2 Å². The lowest BCUT2D eigenvalue weighted by molar-refractivity contribution is -0.135. The molecule has 3 aliphatic heterocycles. The van der Waals surface area contributed by atoms with Crippen molar-refractivity contribution in [2.24, 2.45) is 0 Å². The maximum absolute atomic E-state index is 13.0. The summed E-state index contributed by atoms with van der Waals surface area (Å²) in [6.45, 7) is 1.39. The van der Waals surface area contributed by atoms with E-state index >= 15 is 0 Å². The average Bonchev–Trinajstić information content (AvgIpc) is 3.46. The third-order valence-electron chi connectivity index (χ3n) is 7.02. The number of rotatable bonds is 3. The molecule has 2 N–H and O–H groups in total. The number of ether oxygens (including phenoxy) is 3. The fourth-order valence-electron chi connectivity index (χ4n) is 5.00. The van der Waals surface area contributed by atoms with Crippen LogP contribution in [0.2, 0.25) is 0 Å². The molecule has 10 heteroatoms. The van der Waals surface area contributed by atoms with Crippen molar-refractivity contribution < 1.29 is 28.6 Å². The second-order valence-corrected chi connectivity index (χ2v) is 10.8. The Morgan fingerprint density at radius 1 is 1.07 bits per heavy atom. The molecule has 1 unspecified atom stereocenters. The van der Waals surface area contributed by atoms with Crippen LogP contribution in [0.4, 0.5) is 5.69 Å². The summed E-state index contributed by atoms with van der Waals surface area (Å²) in [5.74, 6) is 1.28. The number of methoxy groups -OCH3 is 1. The molecule has 1 aromatic heterocycles. The van der Waals surface area contributed by atoms with Crippen LogP contribution in [-0.4, -0.2) is 62.6 Å². The summed E-state index contributed by atoms with van der Waals surface area (Å²) < 4.78 is 17.5. The van der Waals surface area contributed by atoms with E-state index < -0.39 is 0 Å². The van der Waals surface area contributed by atoms with Gasteiger partial charge in [0, 0.05) is 35.5 Å². The molecule has 3 amide bonds. The second-order valence-electron chi connectivity index (χ2n) is 9.79. The normalized spacial score (nSPS) is 18.1. The van der Waals surface area contributed by atoms with Gasteiger partial charge >= 0.3 is 0 Å². The monoisotopic (exact) mass is 563 g/mol. The number of hydrogen-bond donors (Lipinski definition) is 2. The molecule has 4 heterocycles. The van der Waals surface area contributed by atoms with Gasteiger partial charge in [-0.05, 0) is 53.6 Å². The molecule has 3 aromatic rings. The van der Waals surface area contributed by atoms with Gasteiger partial charge < -0.3 is 29.7 Å². The molecule has 0 aliphatic carbocycles. The molecule has 6 bridgehead atoms. The number of hydrogen-bond acceptors (Lipinski definition) is 7. The van der Waals surface area contributed by atoms with Crippen molar-refractivity contribution in [3.05, 3.63) is 69.9 Å².